The third-order valence-corrected chi connectivity index (χ3v) is 3.27. The number of halogens is 3. The van der Waals surface area contributed by atoms with E-state index in [1.807, 2.05) is 0 Å². The van der Waals surface area contributed by atoms with Crippen molar-refractivity contribution < 1.29 is 22.7 Å². The van der Waals surface area contributed by atoms with Crippen molar-refractivity contribution in [1.29, 1.82) is 0 Å². The zero-order valence-electron chi connectivity index (χ0n) is 13.3. The third-order valence-electron chi connectivity index (χ3n) is 3.27. The minimum atomic E-state index is -4.40. The Morgan fingerprint density at radius 2 is 1.96 bits per heavy atom. The first-order valence-electron chi connectivity index (χ1n) is 7.54. The average molecular weight is 354 g/mol. The summed E-state index contributed by atoms with van der Waals surface area (Å²) in [4.78, 5) is 23.4. The number of ether oxygens (including phenoxy) is 1. The average Bonchev–Trinajstić information content (AvgIpc) is 2.57. The molecule has 1 aromatic heterocycles. The molecule has 2 aromatic rings. The van der Waals surface area contributed by atoms with Gasteiger partial charge >= 0.3 is 6.18 Å². The van der Waals surface area contributed by atoms with Crippen LogP contribution in [0.3, 0.4) is 0 Å². The van der Waals surface area contributed by atoms with Crippen molar-refractivity contribution in [2.24, 2.45) is 0 Å². The predicted octanol–water partition coefficient (Wildman–Crippen LogP) is 2.50. The van der Waals surface area contributed by atoms with Crippen LogP contribution < -0.4 is 15.6 Å². The number of alkyl halides is 3. The van der Waals surface area contributed by atoms with Crippen LogP contribution in [0.1, 0.15) is 12.0 Å². The molecule has 0 atom stereocenters. The maximum absolute atomic E-state index is 12.1. The summed E-state index contributed by atoms with van der Waals surface area (Å²) >= 11 is 0. The van der Waals surface area contributed by atoms with Crippen molar-refractivity contribution in [3.63, 3.8) is 0 Å². The van der Waals surface area contributed by atoms with E-state index in [1.165, 1.54) is 22.8 Å². The van der Waals surface area contributed by atoms with Crippen molar-refractivity contribution in [1.82, 2.24) is 9.88 Å². The third kappa shape index (κ3) is 6.70. The summed E-state index contributed by atoms with van der Waals surface area (Å²) in [6, 6.07) is 10.8. The molecule has 0 saturated carbocycles. The maximum Gasteiger partial charge on any atom is 0.422 e. The monoisotopic (exact) mass is 354 g/mol. The normalized spacial score (nSPS) is 11.2. The largest absolute Gasteiger partial charge is 0.484 e. The summed E-state index contributed by atoms with van der Waals surface area (Å²) in [7, 11) is 0. The second kappa shape index (κ2) is 8.36. The Hall–Kier alpha value is -2.77. The Balaban J connectivity index is 1.81. The summed E-state index contributed by atoms with van der Waals surface area (Å²) in [6.07, 6.45) is -2.69. The molecule has 0 fully saturated rings. The van der Waals surface area contributed by atoms with Gasteiger partial charge in [-0.2, -0.15) is 13.2 Å². The van der Waals surface area contributed by atoms with Crippen molar-refractivity contribution in [3.05, 3.63) is 64.6 Å². The first-order valence-corrected chi connectivity index (χ1v) is 7.54. The van der Waals surface area contributed by atoms with E-state index in [0.717, 1.165) is 0 Å². The number of nitrogens with zero attached hydrogens (tertiary/aromatic N) is 1. The topological polar surface area (TPSA) is 60.3 Å². The summed E-state index contributed by atoms with van der Waals surface area (Å²) < 4.78 is 42.5. The standard InChI is InChI=1S/C17H17F3N2O3/c18-17(19,20)12-25-14-5-3-4-13(10-14)11-21-15(23)7-9-22-8-2-1-6-16(22)24/h1-6,8,10H,7,9,11-12H2,(H,21,23). The van der Waals surface area contributed by atoms with Crippen molar-refractivity contribution in [3.8, 4) is 5.75 Å². The summed E-state index contributed by atoms with van der Waals surface area (Å²) in [5.41, 5.74) is 0.426. The highest BCUT2D eigenvalue weighted by atomic mass is 19.4. The molecular formula is C17H17F3N2O3. The SMILES string of the molecule is O=C(CCn1ccccc1=O)NCc1cccc(OCC(F)(F)F)c1. The number of carbonyl (C=O) groups is 1. The van der Waals surface area contributed by atoms with Crippen molar-refractivity contribution in [2.75, 3.05) is 6.61 Å². The molecule has 1 amide bonds. The van der Waals surface area contributed by atoms with Gasteiger partial charge in [-0.1, -0.05) is 18.2 Å². The van der Waals surface area contributed by atoms with E-state index in [2.05, 4.69) is 10.1 Å². The van der Waals surface area contributed by atoms with Crippen LogP contribution in [-0.2, 0) is 17.9 Å². The number of hydrogen-bond donors (Lipinski definition) is 1. The van der Waals surface area contributed by atoms with Crippen LogP contribution in [0.25, 0.3) is 0 Å². The van der Waals surface area contributed by atoms with Gasteiger partial charge < -0.3 is 14.6 Å². The molecule has 5 nitrogen and oxygen atoms in total. The number of carbonyl (C=O) groups excluding carboxylic acids is 1. The number of aromatic nitrogens is 1. The molecule has 0 radical (unpaired) electrons. The number of pyridine rings is 1. The molecule has 1 N–H and O–H groups in total. The van der Waals surface area contributed by atoms with E-state index in [4.69, 9.17) is 0 Å². The summed E-state index contributed by atoms with van der Waals surface area (Å²) in [6.45, 7) is -0.958. The van der Waals surface area contributed by atoms with Crippen LogP contribution in [-0.4, -0.2) is 23.3 Å². The zero-order valence-corrected chi connectivity index (χ0v) is 13.3. The first-order chi connectivity index (χ1) is 11.8. The summed E-state index contributed by atoms with van der Waals surface area (Å²) in [5.74, 6) is -0.183. The number of rotatable bonds is 7. The number of amides is 1. The number of nitrogens with one attached hydrogen (secondary N) is 1. The molecule has 134 valence electrons. The highest BCUT2D eigenvalue weighted by molar-refractivity contribution is 5.75. The van der Waals surface area contributed by atoms with Gasteiger partial charge in [0.2, 0.25) is 5.91 Å². The Bertz CT molecular complexity index is 772. The smallest absolute Gasteiger partial charge is 0.422 e. The van der Waals surface area contributed by atoms with Gasteiger partial charge in [-0.3, -0.25) is 9.59 Å². The molecule has 2 rings (SSSR count). The first kappa shape index (κ1) is 18.6. The Morgan fingerprint density at radius 1 is 1.16 bits per heavy atom. The van der Waals surface area contributed by atoms with E-state index < -0.39 is 12.8 Å². The molecule has 0 bridgehead atoms. The van der Waals surface area contributed by atoms with Crippen molar-refractivity contribution >= 4 is 5.91 Å². The molecule has 1 heterocycles. The molecule has 0 aliphatic heterocycles. The van der Waals surface area contributed by atoms with Crippen LogP contribution in [0.15, 0.2) is 53.5 Å². The molecule has 0 aliphatic rings. The number of benzene rings is 1. The lowest BCUT2D eigenvalue weighted by molar-refractivity contribution is -0.153. The van der Waals surface area contributed by atoms with Crippen LogP contribution in [0.5, 0.6) is 5.75 Å². The van der Waals surface area contributed by atoms with Gasteiger partial charge in [0.05, 0.1) is 0 Å². The second-order valence-corrected chi connectivity index (χ2v) is 5.31. The molecule has 0 saturated heterocycles. The van der Waals surface area contributed by atoms with Gasteiger partial charge in [0, 0.05) is 31.8 Å². The number of hydrogen-bond acceptors (Lipinski definition) is 3. The Kier molecular flexibility index (Phi) is 6.21. The van der Waals surface area contributed by atoms with Crippen LogP contribution in [0.4, 0.5) is 13.2 Å². The molecule has 0 unspecified atom stereocenters. The molecule has 0 spiro atoms. The van der Waals surface area contributed by atoms with Crippen LogP contribution >= 0.6 is 0 Å². The summed E-state index contributed by atoms with van der Waals surface area (Å²) in [5, 5.41) is 2.66. The van der Waals surface area contributed by atoms with Crippen LogP contribution in [0.2, 0.25) is 0 Å². The lowest BCUT2D eigenvalue weighted by atomic mass is 10.2. The van der Waals surface area contributed by atoms with Crippen LogP contribution in [0, 0.1) is 0 Å². The molecular weight excluding hydrogens is 337 g/mol. The van der Waals surface area contributed by atoms with Gasteiger partial charge in [-0.05, 0) is 23.8 Å². The zero-order chi connectivity index (χ0) is 18.3. The number of aryl methyl sites for hydroxylation is 1. The molecule has 1 aromatic carbocycles. The van der Waals surface area contributed by atoms with Gasteiger partial charge in [-0.15, -0.1) is 0 Å². The van der Waals surface area contributed by atoms with E-state index >= 15 is 0 Å². The van der Waals surface area contributed by atoms with E-state index in [-0.39, 0.29) is 36.7 Å². The van der Waals surface area contributed by atoms with E-state index in [0.29, 0.717) is 5.56 Å². The van der Waals surface area contributed by atoms with Gasteiger partial charge in [0.15, 0.2) is 6.61 Å². The predicted molar refractivity (Wildman–Crippen MR) is 85.2 cm³/mol. The second-order valence-electron chi connectivity index (χ2n) is 5.31. The molecule has 8 heteroatoms. The van der Waals surface area contributed by atoms with E-state index in [1.54, 1.807) is 30.5 Å². The molecule has 0 aliphatic carbocycles. The highest BCUT2D eigenvalue weighted by Crippen LogP contribution is 2.19. The van der Waals surface area contributed by atoms with Gasteiger partial charge in [0.1, 0.15) is 5.75 Å². The maximum atomic E-state index is 12.1. The molecule has 25 heavy (non-hydrogen) atoms. The highest BCUT2D eigenvalue weighted by Gasteiger charge is 2.28. The Morgan fingerprint density at radius 3 is 2.68 bits per heavy atom. The minimum Gasteiger partial charge on any atom is -0.484 e. The van der Waals surface area contributed by atoms with Gasteiger partial charge in [0.25, 0.3) is 5.56 Å². The van der Waals surface area contributed by atoms with Gasteiger partial charge in [-0.25, -0.2) is 0 Å². The fraction of sp³-hybridized carbons (Fsp3) is 0.294. The quantitative estimate of drug-likeness (QED) is 0.831. The lowest BCUT2D eigenvalue weighted by Gasteiger charge is -2.11. The minimum absolute atomic E-state index is 0.0833. The van der Waals surface area contributed by atoms with Crippen molar-refractivity contribution in [2.45, 2.75) is 25.7 Å². The Labute approximate surface area is 142 Å². The fourth-order valence-electron chi connectivity index (χ4n) is 2.07. The fourth-order valence-corrected chi connectivity index (χ4v) is 2.07. The van der Waals surface area contributed by atoms with E-state index in [9.17, 15) is 22.8 Å². The lowest BCUT2D eigenvalue weighted by Crippen LogP contribution is -2.26.